The first kappa shape index (κ1) is 18.5. The second-order valence-corrected chi connectivity index (χ2v) is 4.58. The molecule has 0 fully saturated rings. The van der Waals surface area contributed by atoms with Gasteiger partial charge in [-0.2, -0.15) is 0 Å². The molecule has 0 saturated carbocycles. The van der Waals surface area contributed by atoms with E-state index in [0.29, 0.717) is 52.0 Å². The van der Waals surface area contributed by atoms with Crippen LogP contribution in [-0.4, -0.2) is 55.2 Å². The van der Waals surface area contributed by atoms with Crippen molar-refractivity contribution in [2.75, 3.05) is 32.7 Å². The first-order valence-electron chi connectivity index (χ1n) is 6.95. The molecule has 5 N–H and O–H groups in total. The molecule has 0 spiro atoms. The predicted octanol–water partition coefficient (Wildman–Crippen LogP) is -1.00. The van der Waals surface area contributed by atoms with E-state index in [9.17, 15) is 14.4 Å². The molecule has 0 aromatic rings. The van der Waals surface area contributed by atoms with Crippen molar-refractivity contribution in [3.8, 4) is 0 Å². The third-order valence-electron chi connectivity index (χ3n) is 2.84. The van der Waals surface area contributed by atoms with Crippen LogP contribution in [0, 0.1) is 0 Å². The molecule has 0 bridgehead atoms. The van der Waals surface area contributed by atoms with E-state index in [4.69, 9.17) is 11.5 Å². The maximum absolute atomic E-state index is 11.5. The van der Waals surface area contributed by atoms with Crippen molar-refractivity contribution < 1.29 is 14.4 Å². The van der Waals surface area contributed by atoms with Crippen molar-refractivity contribution in [2.45, 2.75) is 32.6 Å². The monoisotopic (exact) mass is 286 g/mol. The van der Waals surface area contributed by atoms with Gasteiger partial charge in [-0.05, 0) is 13.0 Å². The number of ketones is 1. The van der Waals surface area contributed by atoms with E-state index >= 15 is 0 Å². The summed E-state index contributed by atoms with van der Waals surface area (Å²) in [7, 11) is 0. The highest BCUT2D eigenvalue weighted by atomic mass is 16.2. The Morgan fingerprint density at radius 2 is 1.65 bits per heavy atom. The highest BCUT2D eigenvalue weighted by molar-refractivity contribution is 5.80. The van der Waals surface area contributed by atoms with Crippen LogP contribution in [0.15, 0.2) is 0 Å². The van der Waals surface area contributed by atoms with E-state index in [0.717, 1.165) is 0 Å². The molecular formula is C13H26N4O3. The Morgan fingerprint density at radius 3 is 2.20 bits per heavy atom. The predicted molar refractivity (Wildman–Crippen MR) is 76.8 cm³/mol. The molecule has 0 unspecified atom stereocenters. The van der Waals surface area contributed by atoms with Crippen molar-refractivity contribution in [1.29, 1.82) is 0 Å². The number of Topliss-reactive ketones (excluding diaryl/α,β-unsaturated/α-hetero) is 1. The number of rotatable bonds is 11. The second-order valence-electron chi connectivity index (χ2n) is 4.58. The van der Waals surface area contributed by atoms with Gasteiger partial charge in [-0.1, -0.05) is 0 Å². The van der Waals surface area contributed by atoms with Gasteiger partial charge in [0.25, 0.3) is 0 Å². The number of nitrogens with one attached hydrogen (secondary N) is 1. The lowest BCUT2D eigenvalue weighted by molar-refractivity contribution is -0.130. The molecule has 0 radical (unpaired) electrons. The normalized spacial score (nSPS) is 10.2. The summed E-state index contributed by atoms with van der Waals surface area (Å²) in [6.45, 7) is 3.40. The summed E-state index contributed by atoms with van der Waals surface area (Å²) < 4.78 is 0. The fourth-order valence-electron chi connectivity index (χ4n) is 1.65. The molecule has 116 valence electrons. The summed E-state index contributed by atoms with van der Waals surface area (Å²) in [6, 6.07) is 0. The van der Waals surface area contributed by atoms with Gasteiger partial charge >= 0.3 is 0 Å². The molecule has 7 nitrogen and oxygen atoms in total. The molecule has 20 heavy (non-hydrogen) atoms. The highest BCUT2D eigenvalue weighted by Gasteiger charge is 2.12. The van der Waals surface area contributed by atoms with Gasteiger partial charge in [-0.3, -0.25) is 14.4 Å². The topological polar surface area (TPSA) is 119 Å². The summed E-state index contributed by atoms with van der Waals surface area (Å²) in [6.07, 6.45) is 1.64. The van der Waals surface area contributed by atoms with Gasteiger partial charge in [0.1, 0.15) is 5.78 Å². The number of amides is 2. The number of nitrogens with zero attached hydrogens (tertiary/aromatic N) is 1. The minimum Gasteiger partial charge on any atom is -0.355 e. The third kappa shape index (κ3) is 9.46. The summed E-state index contributed by atoms with van der Waals surface area (Å²) in [5.74, 6) is -0.186. The first-order valence-corrected chi connectivity index (χ1v) is 6.95. The molecule has 0 rings (SSSR count). The zero-order valence-corrected chi connectivity index (χ0v) is 12.2. The van der Waals surface area contributed by atoms with Crippen LogP contribution in [0.2, 0.25) is 0 Å². The smallest absolute Gasteiger partial charge is 0.221 e. The fourth-order valence-corrected chi connectivity index (χ4v) is 1.65. The van der Waals surface area contributed by atoms with Crippen molar-refractivity contribution >= 4 is 17.6 Å². The van der Waals surface area contributed by atoms with Crippen LogP contribution >= 0.6 is 0 Å². The summed E-state index contributed by atoms with van der Waals surface area (Å²) >= 11 is 0. The Hall–Kier alpha value is -1.47. The van der Waals surface area contributed by atoms with Gasteiger partial charge < -0.3 is 21.7 Å². The molecule has 7 heteroatoms. The van der Waals surface area contributed by atoms with Crippen molar-refractivity contribution in [3.05, 3.63) is 0 Å². The molecule has 0 saturated heterocycles. The Balaban J connectivity index is 4.01. The van der Waals surface area contributed by atoms with Crippen LogP contribution in [-0.2, 0) is 14.4 Å². The van der Waals surface area contributed by atoms with E-state index < -0.39 is 0 Å². The average molecular weight is 286 g/mol. The molecule has 0 aliphatic carbocycles. The number of nitrogens with two attached hydrogens (primary N) is 2. The summed E-state index contributed by atoms with van der Waals surface area (Å²) in [4.78, 5) is 35.9. The van der Waals surface area contributed by atoms with Gasteiger partial charge in [0, 0.05) is 52.4 Å². The van der Waals surface area contributed by atoms with Gasteiger partial charge in [0.05, 0.1) is 0 Å². The van der Waals surface area contributed by atoms with Gasteiger partial charge in [-0.15, -0.1) is 0 Å². The SMILES string of the molecule is CC(=O)N(CCC(=O)CCCN)CCC(=O)NCCN. The maximum Gasteiger partial charge on any atom is 0.221 e. The maximum atomic E-state index is 11.5. The van der Waals surface area contributed by atoms with Gasteiger partial charge in [0.15, 0.2) is 0 Å². The average Bonchev–Trinajstić information content (AvgIpc) is 2.42. The minimum atomic E-state index is -0.142. The van der Waals surface area contributed by atoms with Crippen LogP contribution in [0.3, 0.4) is 0 Å². The molecule has 0 heterocycles. The molecule has 0 aromatic heterocycles. The molecule has 0 aliphatic rings. The molecule has 0 aliphatic heterocycles. The largest absolute Gasteiger partial charge is 0.355 e. The lowest BCUT2D eigenvalue weighted by Gasteiger charge is -2.20. The second kappa shape index (κ2) is 11.4. The minimum absolute atomic E-state index is 0.0919. The Kier molecular flexibility index (Phi) is 10.5. The van der Waals surface area contributed by atoms with Gasteiger partial charge in [0.2, 0.25) is 11.8 Å². The molecule has 0 atom stereocenters. The molecular weight excluding hydrogens is 260 g/mol. The van der Waals surface area contributed by atoms with Crippen LogP contribution in [0.4, 0.5) is 0 Å². The summed E-state index contributed by atoms with van der Waals surface area (Å²) in [5, 5.41) is 2.64. The molecule has 2 amide bonds. The Morgan fingerprint density at radius 1 is 1.00 bits per heavy atom. The van der Waals surface area contributed by atoms with Crippen molar-refractivity contribution in [2.24, 2.45) is 11.5 Å². The third-order valence-corrected chi connectivity index (χ3v) is 2.84. The van der Waals surface area contributed by atoms with Crippen LogP contribution in [0.5, 0.6) is 0 Å². The van der Waals surface area contributed by atoms with E-state index in [1.54, 1.807) is 0 Å². The van der Waals surface area contributed by atoms with Crippen LogP contribution in [0.25, 0.3) is 0 Å². The first-order chi connectivity index (χ1) is 9.51. The number of hydrogen-bond donors (Lipinski definition) is 3. The van der Waals surface area contributed by atoms with Crippen LogP contribution in [0.1, 0.15) is 32.6 Å². The van der Waals surface area contributed by atoms with Crippen LogP contribution < -0.4 is 16.8 Å². The molecule has 0 aromatic carbocycles. The zero-order valence-electron chi connectivity index (χ0n) is 12.2. The zero-order chi connectivity index (χ0) is 15.4. The fraction of sp³-hybridized carbons (Fsp3) is 0.769. The van der Waals surface area contributed by atoms with E-state index in [2.05, 4.69) is 5.32 Å². The van der Waals surface area contributed by atoms with E-state index in [-0.39, 0.29) is 24.0 Å². The van der Waals surface area contributed by atoms with Crippen molar-refractivity contribution in [3.63, 3.8) is 0 Å². The standard InChI is InChI=1S/C13H26N4O3/c1-11(18)17(9-4-12(19)3-2-6-14)10-5-13(20)16-8-7-15/h2-10,14-15H2,1H3,(H,16,20). The Bertz CT molecular complexity index is 297. The summed E-state index contributed by atoms with van der Waals surface area (Å²) in [5.41, 5.74) is 10.6. The van der Waals surface area contributed by atoms with Crippen molar-refractivity contribution in [1.82, 2.24) is 10.2 Å². The number of carbonyl (C=O) groups excluding carboxylic acids is 3. The van der Waals surface area contributed by atoms with E-state index in [1.165, 1.54) is 11.8 Å². The lowest BCUT2D eigenvalue weighted by Crippen LogP contribution is -2.36. The lowest BCUT2D eigenvalue weighted by atomic mass is 10.1. The number of carbonyl (C=O) groups is 3. The van der Waals surface area contributed by atoms with E-state index in [1.807, 2.05) is 0 Å². The number of hydrogen-bond acceptors (Lipinski definition) is 5. The quantitative estimate of drug-likeness (QED) is 0.450. The van der Waals surface area contributed by atoms with Gasteiger partial charge in [-0.25, -0.2) is 0 Å². The highest BCUT2D eigenvalue weighted by Crippen LogP contribution is 2.00. The Labute approximate surface area is 120 Å².